The Kier molecular flexibility index (Phi) is 10.5. The Labute approximate surface area is 363 Å². The highest BCUT2D eigenvalue weighted by Gasteiger charge is 2.30. The lowest BCUT2D eigenvalue weighted by Gasteiger charge is -2.07. The Balaban J connectivity index is 0.000000124. The van der Waals surface area contributed by atoms with Crippen LogP contribution in [0.25, 0.3) is 33.0 Å². The van der Waals surface area contributed by atoms with Gasteiger partial charge in [0.05, 0.1) is 47.8 Å². The van der Waals surface area contributed by atoms with Crippen LogP contribution in [0.5, 0.6) is 0 Å². The van der Waals surface area contributed by atoms with E-state index in [0.717, 1.165) is 73.1 Å². The van der Waals surface area contributed by atoms with Gasteiger partial charge in [-0.15, -0.1) is 43.1 Å². The van der Waals surface area contributed by atoms with E-state index in [4.69, 9.17) is 10.8 Å². The van der Waals surface area contributed by atoms with Gasteiger partial charge in [-0.2, -0.15) is 0 Å². The molecule has 0 atom stereocenters. The molecule has 0 spiro atoms. The van der Waals surface area contributed by atoms with Crippen molar-refractivity contribution >= 4 is 46.2 Å². The number of rotatable bonds is 11. The normalized spacial score (nSPS) is 15.6. The van der Waals surface area contributed by atoms with E-state index in [-0.39, 0.29) is 22.8 Å². The van der Waals surface area contributed by atoms with Crippen molar-refractivity contribution in [3.8, 4) is 33.0 Å². The Bertz CT molecular complexity index is 2950. The average molecular weight is 891 g/mol. The lowest BCUT2D eigenvalue weighted by Crippen LogP contribution is -2.15. The number of aromatic carboxylic acids is 1. The number of carbonyl (C=O) groups is 2. The molecule has 4 N–H and O–H groups in total. The van der Waals surface area contributed by atoms with E-state index < -0.39 is 23.5 Å². The van der Waals surface area contributed by atoms with Gasteiger partial charge >= 0.3 is 5.97 Å². The van der Waals surface area contributed by atoms with Crippen LogP contribution in [0.2, 0.25) is 0 Å². The fourth-order valence-corrected chi connectivity index (χ4v) is 8.08. The van der Waals surface area contributed by atoms with E-state index in [9.17, 15) is 18.4 Å². The number of hydrogen-bond donors (Lipinski definition) is 3. The average Bonchev–Trinajstić information content (AvgIpc) is 4.28. The van der Waals surface area contributed by atoms with Crippen LogP contribution in [-0.2, 0) is 0 Å². The SMILES string of the molecule is Nc1csc(-c2nncn2C2CC2)n1.O=C(Nc1csc(-c2nncn2C2CC2)n1)c1cc(-n2cnc(C3CC3)c2)c(F)cn1.O=C(O)c1cc(-n2cnc(C3CC3)c2)c(F)cn1. The zero-order valence-corrected chi connectivity index (χ0v) is 34.7. The lowest BCUT2D eigenvalue weighted by atomic mass is 10.3. The third-order valence-corrected chi connectivity index (χ3v) is 12.2. The maximum Gasteiger partial charge on any atom is 0.354 e. The van der Waals surface area contributed by atoms with E-state index in [1.807, 2.05) is 9.95 Å². The number of carbonyl (C=O) groups excluding carboxylic acids is 1. The Hall–Kier alpha value is -7.14. The fourth-order valence-electron chi connectivity index (χ4n) is 6.65. The summed E-state index contributed by atoms with van der Waals surface area (Å²) in [4.78, 5) is 48.2. The number of carboxylic acid groups (broad SMARTS) is 1. The third-order valence-electron chi connectivity index (χ3n) is 10.6. The van der Waals surface area contributed by atoms with Crippen molar-refractivity contribution in [1.29, 1.82) is 0 Å². The second kappa shape index (κ2) is 16.6. The number of nitrogens with one attached hydrogen (secondary N) is 1. The van der Waals surface area contributed by atoms with Crippen molar-refractivity contribution in [3.05, 3.63) is 107 Å². The fraction of sp³-hybridized carbons (Fsp3) is 0.300. The summed E-state index contributed by atoms with van der Waals surface area (Å²) in [5.41, 5.74) is 7.72. The summed E-state index contributed by atoms with van der Waals surface area (Å²) < 4.78 is 35.2. The number of nitrogen functional groups attached to an aromatic ring is 1. The van der Waals surface area contributed by atoms with Crippen LogP contribution in [0, 0.1) is 11.6 Å². The topological polar surface area (TPSA) is 241 Å². The molecule has 19 nitrogen and oxygen atoms in total. The van der Waals surface area contributed by atoms with Gasteiger partial charge in [-0.05, 0) is 63.5 Å². The predicted molar refractivity (Wildman–Crippen MR) is 225 cm³/mol. The second-order valence-electron chi connectivity index (χ2n) is 15.5. The van der Waals surface area contributed by atoms with E-state index in [0.29, 0.717) is 46.4 Å². The number of nitrogens with two attached hydrogens (primary N) is 1. The molecular weight excluding hydrogens is 855 g/mol. The van der Waals surface area contributed by atoms with E-state index >= 15 is 0 Å². The summed E-state index contributed by atoms with van der Waals surface area (Å²) in [6.07, 6.45) is 21.1. The molecule has 320 valence electrons. The first kappa shape index (κ1) is 40.0. The Morgan fingerprint density at radius 1 is 0.683 bits per heavy atom. The highest BCUT2D eigenvalue weighted by Crippen LogP contribution is 2.41. The summed E-state index contributed by atoms with van der Waals surface area (Å²) in [7, 11) is 0. The zero-order valence-electron chi connectivity index (χ0n) is 33.1. The number of anilines is 2. The highest BCUT2D eigenvalue weighted by molar-refractivity contribution is 7.13. The molecule has 0 aliphatic heterocycles. The predicted octanol–water partition coefficient (Wildman–Crippen LogP) is 6.89. The van der Waals surface area contributed by atoms with Gasteiger partial charge in [0.25, 0.3) is 5.91 Å². The van der Waals surface area contributed by atoms with Crippen LogP contribution in [-0.4, -0.2) is 85.6 Å². The van der Waals surface area contributed by atoms with E-state index in [1.54, 1.807) is 41.3 Å². The van der Waals surface area contributed by atoms with Crippen molar-refractivity contribution in [2.45, 2.75) is 75.3 Å². The highest BCUT2D eigenvalue weighted by atomic mass is 32.1. The van der Waals surface area contributed by atoms with Crippen molar-refractivity contribution in [1.82, 2.24) is 68.6 Å². The molecule has 0 saturated heterocycles. The van der Waals surface area contributed by atoms with Gasteiger partial charge in [-0.1, -0.05) is 0 Å². The first-order valence-corrected chi connectivity index (χ1v) is 21.8. The standard InChI is InChI=1S/C20H17FN8OS.C12H10FN3O2.C8H9N5S/c21-13-6-22-14(5-16(13)28-7-15(23-9-28)11-1-2-11)19(30)25-17-8-31-20(26-17)18-27-24-10-29(18)12-3-4-12;13-8-4-14-9(12(17)18)3-11(8)16-5-10(15-6-16)7-1-2-7;9-6-3-14-8(11-6)7-12-10-4-13(7)5-1-2-5/h5-12H,1-4H2,(H,25,30);3-7H,1-2H2,(H,17,18);3-5H,1-2,9H2. The number of carboxylic acids is 1. The van der Waals surface area contributed by atoms with Crippen molar-refractivity contribution in [2.24, 2.45) is 0 Å². The Morgan fingerprint density at radius 3 is 1.68 bits per heavy atom. The molecule has 4 fully saturated rings. The van der Waals surface area contributed by atoms with Crippen LogP contribution in [0.15, 0.2) is 73.0 Å². The first-order chi connectivity index (χ1) is 30.6. The van der Waals surface area contributed by atoms with Gasteiger partial charge in [-0.3, -0.25) is 4.79 Å². The second-order valence-corrected chi connectivity index (χ2v) is 17.2. The Morgan fingerprint density at radius 2 is 1.19 bits per heavy atom. The number of aromatic nitrogens is 14. The summed E-state index contributed by atoms with van der Waals surface area (Å²) in [5, 5.41) is 32.8. The maximum atomic E-state index is 14.4. The molecule has 12 rings (SSSR count). The minimum absolute atomic E-state index is 0.0915. The minimum Gasteiger partial charge on any atom is -0.477 e. The molecule has 63 heavy (non-hydrogen) atoms. The van der Waals surface area contributed by atoms with Crippen LogP contribution < -0.4 is 11.1 Å². The molecule has 0 unspecified atom stereocenters. The van der Waals surface area contributed by atoms with Crippen molar-refractivity contribution < 1.29 is 23.5 Å². The molecule has 0 aromatic carbocycles. The van der Waals surface area contributed by atoms with Crippen molar-refractivity contribution in [2.75, 3.05) is 11.1 Å². The van der Waals surface area contributed by atoms with Crippen LogP contribution >= 0.6 is 22.7 Å². The van der Waals surface area contributed by atoms with Gasteiger partial charge in [0.2, 0.25) is 0 Å². The first-order valence-electron chi connectivity index (χ1n) is 20.1. The molecular formula is C40H36F2N16O3S2. The number of amides is 1. The minimum atomic E-state index is -1.18. The lowest BCUT2D eigenvalue weighted by molar-refractivity contribution is 0.0690. The molecule has 4 saturated carbocycles. The molecule has 4 aliphatic carbocycles. The number of imidazole rings is 2. The number of thiazole rings is 2. The third kappa shape index (κ3) is 8.95. The van der Waals surface area contributed by atoms with Gasteiger partial charge in [-0.25, -0.2) is 43.5 Å². The molecule has 8 aromatic rings. The number of hydrogen-bond acceptors (Lipinski definition) is 15. The summed E-state index contributed by atoms with van der Waals surface area (Å²) in [6.45, 7) is 0. The van der Waals surface area contributed by atoms with Gasteiger partial charge in [0, 0.05) is 47.1 Å². The van der Waals surface area contributed by atoms with Gasteiger partial charge in [0.15, 0.2) is 33.3 Å². The van der Waals surface area contributed by atoms with Crippen LogP contribution in [0.3, 0.4) is 0 Å². The molecule has 1 amide bonds. The number of halogens is 2. The van der Waals surface area contributed by atoms with Gasteiger partial charge < -0.3 is 34.4 Å². The van der Waals surface area contributed by atoms with Crippen LogP contribution in [0.4, 0.5) is 20.4 Å². The number of nitrogens with zero attached hydrogens (tertiary/aromatic N) is 14. The van der Waals surface area contributed by atoms with Crippen molar-refractivity contribution in [3.63, 3.8) is 0 Å². The molecule has 8 heterocycles. The maximum absolute atomic E-state index is 14.4. The monoisotopic (exact) mass is 890 g/mol. The summed E-state index contributed by atoms with van der Waals surface area (Å²) >= 11 is 2.88. The molecule has 8 aromatic heterocycles. The smallest absolute Gasteiger partial charge is 0.354 e. The van der Waals surface area contributed by atoms with Crippen LogP contribution in [0.1, 0.15) is 108 Å². The molecule has 0 bridgehead atoms. The van der Waals surface area contributed by atoms with Gasteiger partial charge in [0.1, 0.15) is 35.7 Å². The molecule has 23 heteroatoms. The molecule has 4 aliphatic rings. The largest absolute Gasteiger partial charge is 0.477 e. The summed E-state index contributed by atoms with van der Waals surface area (Å²) in [6, 6.07) is 3.62. The zero-order chi connectivity index (χ0) is 43.2. The van der Waals surface area contributed by atoms with E-state index in [2.05, 4.69) is 60.2 Å². The molecule has 0 radical (unpaired) electrons. The summed E-state index contributed by atoms with van der Waals surface area (Å²) in [5.74, 6) is 0.663. The van der Waals surface area contributed by atoms with E-state index in [1.165, 1.54) is 58.5 Å². The number of pyridine rings is 2. The quantitative estimate of drug-likeness (QED) is 0.120.